The summed E-state index contributed by atoms with van der Waals surface area (Å²) in [6, 6.07) is 33.7. The molecule has 1 aliphatic heterocycles. The maximum absolute atomic E-state index is 13.9. The van der Waals surface area contributed by atoms with Crippen LogP contribution < -0.4 is 20.1 Å². The van der Waals surface area contributed by atoms with Gasteiger partial charge in [0, 0.05) is 22.8 Å². The highest BCUT2D eigenvalue weighted by molar-refractivity contribution is 7.85. The maximum Gasteiger partial charge on any atom is 0.266 e. The van der Waals surface area contributed by atoms with Gasteiger partial charge in [0.1, 0.15) is 0 Å². The lowest BCUT2D eigenvalue weighted by molar-refractivity contribution is -0.117. The Labute approximate surface area is 289 Å². The number of ether oxygens (including phenoxy) is 2. The Morgan fingerprint density at radius 2 is 1.49 bits per heavy atom. The van der Waals surface area contributed by atoms with Gasteiger partial charge in [0.15, 0.2) is 11.5 Å². The van der Waals surface area contributed by atoms with Crippen molar-refractivity contribution >= 4 is 39.2 Å². The van der Waals surface area contributed by atoms with Crippen molar-refractivity contribution in [2.45, 2.75) is 19.3 Å². The van der Waals surface area contributed by atoms with Crippen LogP contribution in [0, 0.1) is 6.92 Å². The van der Waals surface area contributed by atoms with E-state index in [1.807, 2.05) is 91.9 Å². The third-order valence-corrected chi connectivity index (χ3v) is 9.24. The van der Waals surface area contributed by atoms with E-state index < -0.39 is 27.7 Å². The number of hydrogen-bond acceptors (Lipinski definition) is 6. The lowest BCUT2D eigenvalue weighted by Gasteiger charge is -2.19. The number of hydrogen-bond donors (Lipinski definition) is 3. The van der Waals surface area contributed by atoms with E-state index in [0.29, 0.717) is 34.2 Å². The second-order valence-corrected chi connectivity index (χ2v) is 13.7. The fourth-order valence-corrected chi connectivity index (χ4v) is 6.27. The number of anilines is 1. The molecule has 3 N–H and O–H groups in total. The van der Waals surface area contributed by atoms with Crippen molar-refractivity contribution < 1.29 is 32.0 Å². The summed E-state index contributed by atoms with van der Waals surface area (Å²) in [6.07, 6.45) is 0.349. The summed E-state index contributed by atoms with van der Waals surface area (Å²) >= 11 is 6.14. The van der Waals surface area contributed by atoms with Crippen molar-refractivity contribution in [2.75, 3.05) is 24.4 Å². The fourth-order valence-electron chi connectivity index (χ4n) is 5.68. The van der Waals surface area contributed by atoms with E-state index in [1.165, 1.54) is 0 Å². The highest BCUT2D eigenvalue weighted by Gasteiger charge is 2.23. The molecule has 0 radical (unpaired) electrons. The SMILES string of the molecule is Cc1cc(Cl)ccc1-c1ccc(NC(=O)[C@@H](Cc2ccc(C(=O)NCCS(=O)(=O)O)cc2)c2ccc(-c3ccc4c(c3)OCO4)cc2)cc1. The largest absolute Gasteiger partial charge is 0.454 e. The normalized spacial score (nSPS) is 12.7. The molecule has 5 aromatic carbocycles. The highest BCUT2D eigenvalue weighted by Crippen LogP contribution is 2.36. The molecule has 0 saturated heterocycles. The molecule has 0 aromatic heterocycles. The second-order valence-electron chi connectivity index (χ2n) is 11.7. The van der Waals surface area contributed by atoms with Gasteiger partial charge in [-0.15, -0.1) is 0 Å². The summed E-state index contributed by atoms with van der Waals surface area (Å²) in [6.45, 7) is 1.98. The van der Waals surface area contributed by atoms with Crippen LogP contribution in [0.2, 0.25) is 5.02 Å². The van der Waals surface area contributed by atoms with Crippen LogP contribution in [0.1, 0.15) is 33.0 Å². The Morgan fingerprint density at radius 1 is 0.816 bits per heavy atom. The van der Waals surface area contributed by atoms with Gasteiger partial charge in [0.25, 0.3) is 16.0 Å². The zero-order valence-electron chi connectivity index (χ0n) is 26.5. The van der Waals surface area contributed by atoms with Crippen LogP contribution in [0.4, 0.5) is 5.69 Å². The molecule has 0 aliphatic carbocycles. The Morgan fingerprint density at radius 3 is 2.18 bits per heavy atom. The number of amides is 2. The first-order valence-electron chi connectivity index (χ1n) is 15.5. The number of carbonyl (C=O) groups is 2. The van der Waals surface area contributed by atoms with E-state index in [0.717, 1.165) is 38.9 Å². The lowest BCUT2D eigenvalue weighted by Crippen LogP contribution is -2.28. The van der Waals surface area contributed by atoms with Gasteiger partial charge in [-0.2, -0.15) is 8.42 Å². The smallest absolute Gasteiger partial charge is 0.266 e. The van der Waals surface area contributed by atoms with Crippen LogP contribution >= 0.6 is 11.6 Å². The Kier molecular flexibility index (Phi) is 10.0. The molecule has 49 heavy (non-hydrogen) atoms. The number of fused-ring (bicyclic) bond motifs is 1. The van der Waals surface area contributed by atoms with Gasteiger partial charge in [-0.25, -0.2) is 0 Å². The van der Waals surface area contributed by atoms with Crippen molar-refractivity contribution in [3.05, 3.63) is 136 Å². The number of rotatable bonds is 11. The van der Waals surface area contributed by atoms with Crippen LogP contribution in [0.25, 0.3) is 22.3 Å². The first kappa shape index (κ1) is 33.7. The molecular formula is C38H33ClN2O7S. The molecule has 0 fully saturated rings. The van der Waals surface area contributed by atoms with Crippen molar-refractivity contribution in [1.82, 2.24) is 5.32 Å². The quantitative estimate of drug-likeness (QED) is 0.124. The predicted molar refractivity (Wildman–Crippen MR) is 190 cm³/mol. The summed E-state index contributed by atoms with van der Waals surface area (Å²) < 4.78 is 41.8. The van der Waals surface area contributed by atoms with E-state index in [1.54, 1.807) is 24.3 Å². The minimum Gasteiger partial charge on any atom is -0.454 e. The number of halogens is 1. The molecule has 0 spiro atoms. The summed E-state index contributed by atoms with van der Waals surface area (Å²) in [4.78, 5) is 26.4. The average molecular weight is 697 g/mol. The third-order valence-electron chi connectivity index (χ3n) is 8.29. The van der Waals surface area contributed by atoms with E-state index in [9.17, 15) is 18.0 Å². The van der Waals surface area contributed by atoms with Gasteiger partial charge in [-0.1, -0.05) is 72.3 Å². The van der Waals surface area contributed by atoms with E-state index >= 15 is 0 Å². The zero-order valence-corrected chi connectivity index (χ0v) is 28.1. The number of benzene rings is 5. The van der Waals surface area contributed by atoms with Crippen LogP contribution in [-0.2, 0) is 21.3 Å². The molecule has 1 heterocycles. The molecule has 6 rings (SSSR count). The first-order valence-corrected chi connectivity index (χ1v) is 17.5. The topological polar surface area (TPSA) is 131 Å². The maximum atomic E-state index is 13.9. The van der Waals surface area contributed by atoms with Crippen LogP contribution in [0.15, 0.2) is 109 Å². The molecule has 1 aliphatic rings. The summed E-state index contributed by atoms with van der Waals surface area (Å²) in [5.41, 5.74) is 7.63. The van der Waals surface area contributed by atoms with Crippen molar-refractivity contribution in [2.24, 2.45) is 0 Å². The fraction of sp³-hybridized carbons (Fsp3) is 0.158. The van der Waals surface area contributed by atoms with Crippen molar-refractivity contribution in [3.8, 4) is 33.8 Å². The molecule has 250 valence electrons. The van der Waals surface area contributed by atoms with Gasteiger partial charge < -0.3 is 20.1 Å². The average Bonchev–Trinajstić information content (AvgIpc) is 3.56. The van der Waals surface area contributed by atoms with E-state index in [2.05, 4.69) is 10.6 Å². The summed E-state index contributed by atoms with van der Waals surface area (Å²) in [7, 11) is -4.19. The minimum atomic E-state index is -4.19. The monoisotopic (exact) mass is 696 g/mol. The van der Waals surface area contributed by atoms with Crippen molar-refractivity contribution in [1.29, 1.82) is 0 Å². The summed E-state index contributed by atoms with van der Waals surface area (Å²) in [5, 5.41) is 6.23. The number of nitrogens with one attached hydrogen (secondary N) is 2. The third kappa shape index (κ3) is 8.47. The van der Waals surface area contributed by atoms with Gasteiger partial charge in [-0.05, 0) is 101 Å². The Balaban J connectivity index is 1.22. The standard InChI is InChI=1S/C38H33ClN2O7S/c1-24-20-31(39)13-16-33(24)27-10-14-32(15-11-27)41-38(43)34(21-25-2-4-29(5-3-25)37(42)40-18-19-49(44,45)46)28-8-6-26(7-9-28)30-12-17-35-36(22-30)48-23-47-35/h2-17,20,22,34H,18-19,21,23H2,1H3,(H,40,42)(H,41,43)(H,44,45,46)/t34-/m0/s1. The molecule has 1 atom stereocenters. The van der Waals surface area contributed by atoms with Gasteiger partial charge in [0.05, 0.1) is 11.7 Å². The molecule has 0 unspecified atom stereocenters. The zero-order chi connectivity index (χ0) is 34.5. The summed E-state index contributed by atoms with van der Waals surface area (Å²) in [5.74, 6) is -0.427. The molecule has 0 bridgehead atoms. The van der Waals surface area contributed by atoms with Crippen LogP contribution in [-0.4, -0.2) is 43.9 Å². The van der Waals surface area contributed by atoms with E-state index in [-0.39, 0.29) is 19.2 Å². The molecule has 2 amide bonds. The van der Waals surface area contributed by atoms with Gasteiger partial charge in [-0.3, -0.25) is 14.1 Å². The number of carbonyl (C=O) groups excluding carboxylic acids is 2. The lowest BCUT2D eigenvalue weighted by atomic mass is 9.89. The van der Waals surface area contributed by atoms with Crippen LogP contribution in [0.5, 0.6) is 11.5 Å². The molecular weight excluding hydrogens is 664 g/mol. The van der Waals surface area contributed by atoms with Gasteiger partial charge >= 0.3 is 0 Å². The molecule has 9 nitrogen and oxygen atoms in total. The Hall–Kier alpha value is -5.16. The van der Waals surface area contributed by atoms with E-state index in [4.69, 9.17) is 25.6 Å². The van der Waals surface area contributed by atoms with Crippen molar-refractivity contribution in [3.63, 3.8) is 0 Å². The van der Waals surface area contributed by atoms with Gasteiger partial charge in [0.2, 0.25) is 12.7 Å². The second kappa shape index (κ2) is 14.5. The first-order chi connectivity index (χ1) is 23.5. The molecule has 5 aromatic rings. The molecule has 11 heteroatoms. The molecule has 0 saturated carbocycles. The highest BCUT2D eigenvalue weighted by atomic mass is 35.5. The number of aryl methyl sites for hydroxylation is 1. The van der Waals surface area contributed by atoms with Crippen LogP contribution in [0.3, 0.4) is 0 Å². The Bertz CT molecular complexity index is 2100. The predicted octanol–water partition coefficient (Wildman–Crippen LogP) is 7.29. The minimum absolute atomic E-state index is 0.192.